The molecule has 2 rings (SSSR count). The summed E-state index contributed by atoms with van der Waals surface area (Å²) in [4.78, 5) is 11.9. The third-order valence-corrected chi connectivity index (χ3v) is 2.68. The Morgan fingerprint density at radius 2 is 2.00 bits per heavy atom. The van der Waals surface area contributed by atoms with Crippen molar-refractivity contribution in [2.24, 2.45) is 0 Å². The van der Waals surface area contributed by atoms with Crippen molar-refractivity contribution >= 4 is 28.9 Å². The number of hydrogen-bond donors (Lipinski definition) is 3. The summed E-state index contributed by atoms with van der Waals surface area (Å²) in [5.41, 5.74) is 5.76. The zero-order valence-corrected chi connectivity index (χ0v) is 10.4. The van der Waals surface area contributed by atoms with Gasteiger partial charge in [-0.05, 0) is 30.3 Å². The third-order valence-electron chi connectivity index (χ3n) is 2.45. The molecule has 0 saturated heterocycles. The maximum absolute atomic E-state index is 13.5. The molecule has 0 heterocycles. The van der Waals surface area contributed by atoms with Crippen molar-refractivity contribution < 1.29 is 14.3 Å². The molecule has 0 radical (unpaired) electrons. The van der Waals surface area contributed by atoms with Gasteiger partial charge in [-0.2, -0.15) is 0 Å². The van der Waals surface area contributed by atoms with Crippen LogP contribution in [0.3, 0.4) is 0 Å². The number of carbonyl (C=O) groups is 1. The van der Waals surface area contributed by atoms with E-state index in [1.807, 2.05) is 0 Å². The standard InChI is InChI=1S/C13H10ClFN2O2/c14-7-1-4-11(10(15)5-7)17-13(19)9-3-2-8(16)6-12(9)18/h1-6,18H,16H2,(H,17,19). The van der Waals surface area contributed by atoms with Crippen molar-refractivity contribution in [1.29, 1.82) is 0 Å². The van der Waals surface area contributed by atoms with Crippen LogP contribution in [-0.4, -0.2) is 11.0 Å². The number of rotatable bonds is 2. The molecular weight excluding hydrogens is 271 g/mol. The first-order valence-corrected chi connectivity index (χ1v) is 5.70. The van der Waals surface area contributed by atoms with Crippen molar-refractivity contribution in [3.63, 3.8) is 0 Å². The summed E-state index contributed by atoms with van der Waals surface area (Å²) in [5, 5.41) is 12.2. The van der Waals surface area contributed by atoms with E-state index in [1.165, 1.54) is 30.3 Å². The number of nitrogens with one attached hydrogen (secondary N) is 1. The van der Waals surface area contributed by atoms with E-state index in [4.69, 9.17) is 17.3 Å². The Kier molecular flexibility index (Phi) is 3.57. The van der Waals surface area contributed by atoms with Crippen LogP contribution < -0.4 is 11.1 Å². The van der Waals surface area contributed by atoms with E-state index >= 15 is 0 Å². The highest BCUT2D eigenvalue weighted by atomic mass is 35.5. The molecule has 4 nitrogen and oxygen atoms in total. The summed E-state index contributed by atoms with van der Waals surface area (Å²) >= 11 is 5.61. The molecule has 6 heteroatoms. The SMILES string of the molecule is Nc1ccc(C(=O)Nc2ccc(Cl)cc2F)c(O)c1. The van der Waals surface area contributed by atoms with E-state index in [2.05, 4.69) is 5.32 Å². The zero-order chi connectivity index (χ0) is 14.0. The molecule has 0 spiro atoms. The molecule has 19 heavy (non-hydrogen) atoms. The minimum atomic E-state index is -0.657. The van der Waals surface area contributed by atoms with Crippen molar-refractivity contribution in [3.05, 3.63) is 52.8 Å². The second kappa shape index (κ2) is 5.16. The number of anilines is 2. The van der Waals surface area contributed by atoms with E-state index in [9.17, 15) is 14.3 Å². The van der Waals surface area contributed by atoms with Gasteiger partial charge in [-0.1, -0.05) is 11.6 Å². The van der Waals surface area contributed by atoms with E-state index in [0.717, 1.165) is 6.07 Å². The largest absolute Gasteiger partial charge is 0.507 e. The van der Waals surface area contributed by atoms with E-state index in [0.29, 0.717) is 5.69 Å². The fourth-order valence-electron chi connectivity index (χ4n) is 1.52. The molecule has 0 aromatic heterocycles. The number of aromatic hydroxyl groups is 1. The van der Waals surface area contributed by atoms with Crippen molar-refractivity contribution in [1.82, 2.24) is 0 Å². The molecule has 0 aliphatic heterocycles. The number of halogens is 2. The number of nitrogens with two attached hydrogens (primary N) is 1. The van der Waals surface area contributed by atoms with E-state index < -0.39 is 11.7 Å². The highest BCUT2D eigenvalue weighted by Gasteiger charge is 2.13. The van der Waals surface area contributed by atoms with Gasteiger partial charge >= 0.3 is 0 Å². The van der Waals surface area contributed by atoms with Crippen LogP contribution in [0.2, 0.25) is 5.02 Å². The van der Waals surface area contributed by atoms with Gasteiger partial charge in [-0.3, -0.25) is 4.79 Å². The van der Waals surface area contributed by atoms with Gasteiger partial charge in [-0.25, -0.2) is 4.39 Å². The lowest BCUT2D eigenvalue weighted by atomic mass is 10.1. The van der Waals surface area contributed by atoms with Gasteiger partial charge in [0.2, 0.25) is 0 Å². The summed E-state index contributed by atoms with van der Waals surface area (Å²) in [7, 11) is 0. The molecule has 2 aromatic carbocycles. The smallest absolute Gasteiger partial charge is 0.259 e. The molecular formula is C13H10ClFN2O2. The lowest BCUT2D eigenvalue weighted by Gasteiger charge is -2.08. The van der Waals surface area contributed by atoms with Gasteiger partial charge in [0.1, 0.15) is 11.6 Å². The van der Waals surface area contributed by atoms with Crippen LogP contribution in [0.5, 0.6) is 5.75 Å². The monoisotopic (exact) mass is 280 g/mol. The topological polar surface area (TPSA) is 75.4 Å². The first-order valence-electron chi connectivity index (χ1n) is 5.32. The minimum absolute atomic E-state index is 0.00329. The van der Waals surface area contributed by atoms with E-state index in [1.54, 1.807) is 0 Å². The Bertz CT molecular complexity index is 647. The number of nitrogen functional groups attached to an aromatic ring is 1. The average Bonchev–Trinajstić information content (AvgIpc) is 2.32. The summed E-state index contributed by atoms with van der Waals surface area (Å²) in [5.74, 6) is -1.57. The van der Waals surface area contributed by atoms with Crippen molar-refractivity contribution in [2.45, 2.75) is 0 Å². The van der Waals surface area contributed by atoms with Crippen molar-refractivity contribution in [3.8, 4) is 5.75 Å². The molecule has 0 saturated carbocycles. The Morgan fingerprint density at radius 1 is 1.26 bits per heavy atom. The van der Waals surface area contributed by atoms with Crippen LogP contribution >= 0.6 is 11.6 Å². The Balaban J connectivity index is 2.25. The van der Waals surface area contributed by atoms with Crippen LogP contribution in [0, 0.1) is 5.82 Å². The molecule has 0 fully saturated rings. The maximum Gasteiger partial charge on any atom is 0.259 e. The van der Waals surface area contributed by atoms with Crippen molar-refractivity contribution in [2.75, 3.05) is 11.1 Å². The van der Waals surface area contributed by atoms with Crippen LogP contribution in [-0.2, 0) is 0 Å². The second-order valence-electron chi connectivity index (χ2n) is 3.85. The Hall–Kier alpha value is -2.27. The maximum atomic E-state index is 13.5. The molecule has 0 aliphatic carbocycles. The minimum Gasteiger partial charge on any atom is -0.507 e. The molecule has 1 amide bonds. The highest BCUT2D eigenvalue weighted by Crippen LogP contribution is 2.23. The third kappa shape index (κ3) is 2.95. The van der Waals surface area contributed by atoms with Gasteiger partial charge in [0.15, 0.2) is 0 Å². The lowest BCUT2D eigenvalue weighted by Crippen LogP contribution is -2.13. The number of amides is 1. The normalized spacial score (nSPS) is 10.2. The van der Waals surface area contributed by atoms with Crippen LogP contribution in [0.25, 0.3) is 0 Å². The molecule has 0 aliphatic rings. The van der Waals surface area contributed by atoms with Crippen LogP contribution in [0.15, 0.2) is 36.4 Å². The molecule has 98 valence electrons. The molecule has 0 bridgehead atoms. The van der Waals surface area contributed by atoms with Gasteiger partial charge in [0, 0.05) is 16.8 Å². The van der Waals surface area contributed by atoms with Crippen LogP contribution in [0.1, 0.15) is 10.4 Å². The first kappa shape index (κ1) is 13.2. The number of phenolic OH excluding ortho intramolecular Hbond substituents is 1. The quantitative estimate of drug-likeness (QED) is 0.740. The fourth-order valence-corrected chi connectivity index (χ4v) is 1.68. The number of carbonyl (C=O) groups excluding carboxylic acids is 1. The van der Waals surface area contributed by atoms with Gasteiger partial charge in [0.25, 0.3) is 5.91 Å². The highest BCUT2D eigenvalue weighted by molar-refractivity contribution is 6.30. The fraction of sp³-hybridized carbons (Fsp3) is 0. The Labute approximate surface area is 113 Å². The number of hydrogen-bond acceptors (Lipinski definition) is 3. The molecule has 0 atom stereocenters. The summed E-state index contributed by atoms with van der Waals surface area (Å²) in [6.07, 6.45) is 0. The van der Waals surface area contributed by atoms with Crippen LogP contribution in [0.4, 0.5) is 15.8 Å². The number of benzene rings is 2. The first-order chi connectivity index (χ1) is 8.97. The summed E-state index contributed by atoms with van der Waals surface area (Å²) in [6, 6.07) is 7.93. The lowest BCUT2D eigenvalue weighted by molar-refractivity contribution is 0.102. The van der Waals surface area contributed by atoms with E-state index in [-0.39, 0.29) is 22.0 Å². The van der Waals surface area contributed by atoms with Gasteiger partial charge < -0.3 is 16.2 Å². The predicted molar refractivity (Wildman–Crippen MR) is 71.9 cm³/mol. The summed E-state index contributed by atoms with van der Waals surface area (Å²) < 4.78 is 13.5. The Morgan fingerprint density at radius 3 is 2.63 bits per heavy atom. The summed E-state index contributed by atoms with van der Waals surface area (Å²) in [6.45, 7) is 0. The molecule has 0 unspecified atom stereocenters. The number of phenols is 1. The van der Waals surface area contributed by atoms with Gasteiger partial charge in [0.05, 0.1) is 11.3 Å². The molecule has 2 aromatic rings. The zero-order valence-electron chi connectivity index (χ0n) is 9.65. The molecule has 4 N–H and O–H groups in total. The average molecular weight is 281 g/mol. The van der Waals surface area contributed by atoms with Gasteiger partial charge in [-0.15, -0.1) is 0 Å². The second-order valence-corrected chi connectivity index (χ2v) is 4.29. The predicted octanol–water partition coefficient (Wildman–Crippen LogP) is 3.02.